The van der Waals surface area contributed by atoms with Crippen LogP contribution in [0, 0.1) is 0 Å². The molecular formula is C16H22ClNOS. The van der Waals surface area contributed by atoms with Crippen molar-refractivity contribution in [3.05, 3.63) is 34.7 Å². The minimum atomic E-state index is 0. The lowest BCUT2D eigenvalue weighted by atomic mass is 10.0. The SMILES string of the molecule is CCCc1c(CCC(=O)N(C)C)sc2ccccc12.Cl. The molecule has 1 aromatic carbocycles. The molecule has 2 nitrogen and oxygen atoms in total. The topological polar surface area (TPSA) is 20.3 Å². The highest BCUT2D eigenvalue weighted by Crippen LogP contribution is 2.33. The Morgan fingerprint density at radius 3 is 2.55 bits per heavy atom. The van der Waals surface area contributed by atoms with E-state index in [0.29, 0.717) is 6.42 Å². The highest BCUT2D eigenvalue weighted by atomic mass is 35.5. The van der Waals surface area contributed by atoms with Crippen molar-refractivity contribution in [3.63, 3.8) is 0 Å². The third kappa shape index (κ3) is 3.74. The lowest BCUT2D eigenvalue weighted by Gasteiger charge is -2.10. The minimum Gasteiger partial charge on any atom is -0.349 e. The Balaban J connectivity index is 0.00000200. The zero-order chi connectivity index (χ0) is 13.8. The van der Waals surface area contributed by atoms with Crippen LogP contribution in [0.1, 0.15) is 30.2 Å². The lowest BCUT2D eigenvalue weighted by molar-refractivity contribution is -0.128. The van der Waals surface area contributed by atoms with Crippen molar-refractivity contribution in [2.45, 2.75) is 32.6 Å². The van der Waals surface area contributed by atoms with Crippen molar-refractivity contribution < 1.29 is 4.79 Å². The molecule has 0 aliphatic heterocycles. The number of hydrogen-bond donors (Lipinski definition) is 0. The fraction of sp³-hybridized carbons (Fsp3) is 0.438. The Kier molecular flexibility index (Phi) is 6.50. The molecule has 4 heteroatoms. The molecule has 1 amide bonds. The first-order valence-corrected chi connectivity index (χ1v) is 7.64. The molecule has 0 saturated carbocycles. The van der Waals surface area contributed by atoms with E-state index in [9.17, 15) is 4.79 Å². The van der Waals surface area contributed by atoms with E-state index in [0.717, 1.165) is 19.3 Å². The van der Waals surface area contributed by atoms with E-state index in [2.05, 4.69) is 31.2 Å². The molecule has 2 rings (SSSR count). The first-order valence-electron chi connectivity index (χ1n) is 6.83. The quantitative estimate of drug-likeness (QED) is 0.806. The Morgan fingerprint density at radius 2 is 1.90 bits per heavy atom. The van der Waals surface area contributed by atoms with Crippen molar-refractivity contribution in [1.29, 1.82) is 0 Å². The predicted octanol–water partition coefficient (Wildman–Crippen LogP) is 4.30. The monoisotopic (exact) mass is 311 g/mol. The van der Waals surface area contributed by atoms with Crippen LogP contribution in [0.3, 0.4) is 0 Å². The van der Waals surface area contributed by atoms with Crippen LogP contribution < -0.4 is 0 Å². The van der Waals surface area contributed by atoms with Gasteiger partial charge in [0, 0.05) is 30.1 Å². The van der Waals surface area contributed by atoms with Gasteiger partial charge in [0.2, 0.25) is 5.91 Å². The third-order valence-corrected chi connectivity index (χ3v) is 4.62. The van der Waals surface area contributed by atoms with Gasteiger partial charge in [-0.2, -0.15) is 0 Å². The van der Waals surface area contributed by atoms with Crippen LogP contribution in [0.5, 0.6) is 0 Å². The van der Waals surface area contributed by atoms with Crippen LogP contribution in [-0.2, 0) is 17.6 Å². The molecule has 2 aromatic rings. The number of hydrogen-bond acceptors (Lipinski definition) is 2. The van der Waals surface area contributed by atoms with E-state index in [-0.39, 0.29) is 18.3 Å². The highest BCUT2D eigenvalue weighted by Gasteiger charge is 2.13. The summed E-state index contributed by atoms with van der Waals surface area (Å²) in [6.45, 7) is 2.21. The Bertz CT molecular complexity index is 577. The number of benzene rings is 1. The molecule has 0 aliphatic rings. The molecule has 0 saturated heterocycles. The van der Waals surface area contributed by atoms with Gasteiger partial charge in [-0.15, -0.1) is 23.7 Å². The van der Waals surface area contributed by atoms with Gasteiger partial charge in [-0.1, -0.05) is 31.5 Å². The maximum atomic E-state index is 11.7. The zero-order valence-corrected chi connectivity index (χ0v) is 13.9. The number of thiophene rings is 1. The number of aryl methyl sites for hydroxylation is 2. The lowest BCUT2D eigenvalue weighted by Crippen LogP contribution is -2.21. The van der Waals surface area contributed by atoms with Crippen LogP contribution in [0.2, 0.25) is 0 Å². The maximum Gasteiger partial charge on any atom is 0.222 e. The molecular weight excluding hydrogens is 290 g/mol. The first-order chi connectivity index (χ1) is 9.13. The van der Waals surface area contributed by atoms with Crippen molar-refractivity contribution >= 4 is 39.7 Å². The van der Waals surface area contributed by atoms with Gasteiger partial charge in [0.15, 0.2) is 0 Å². The van der Waals surface area contributed by atoms with Crippen molar-refractivity contribution in [2.75, 3.05) is 14.1 Å². The Hall–Kier alpha value is -1.06. The number of carbonyl (C=O) groups excluding carboxylic acids is 1. The summed E-state index contributed by atoms with van der Waals surface area (Å²) in [4.78, 5) is 14.8. The van der Waals surface area contributed by atoms with Crippen molar-refractivity contribution in [1.82, 2.24) is 4.90 Å². The van der Waals surface area contributed by atoms with Gasteiger partial charge < -0.3 is 4.90 Å². The normalized spacial score (nSPS) is 10.3. The summed E-state index contributed by atoms with van der Waals surface area (Å²) in [6.07, 6.45) is 3.73. The second kappa shape index (κ2) is 7.65. The van der Waals surface area contributed by atoms with Gasteiger partial charge in [0.05, 0.1) is 0 Å². The average Bonchev–Trinajstić information content (AvgIpc) is 2.75. The minimum absolute atomic E-state index is 0. The smallest absolute Gasteiger partial charge is 0.222 e. The summed E-state index contributed by atoms with van der Waals surface area (Å²) in [6, 6.07) is 8.57. The number of halogens is 1. The molecule has 1 heterocycles. The molecule has 1 aromatic heterocycles. The second-order valence-corrected chi connectivity index (χ2v) is 6.17. The summed E-state index contributed by atoms with van der Waals surface area (Å²) in [5, 5.41) is 1.38. The molecule has 0 radical (unpaired) electrons. The summed E-state index contributed by atoms with van der Waals surface area (Å²) in [5.41, 5.74) is 1.45. The molecule has 0 N–H and O–H groups in total. The molecule has 0 fully saturated rings. The van der Waals surface area contributed by atoms with Gasteiger partial charge in [0.25, 0.3) is 0 Å². The van der Waals surface area contributed by atoms with Crippen LogP contribution in [0.4, 0.5) is 0 Å². The molecule has 110 valence electrons. The van der Waals surface area contributed by atoms with Crippen LogP contribution in [0.15, 0.2) is 24.3 Å². The number of amides is 1. The van der Waals surface area contributed by atoms with Crippen molar-refractivity contribution in [3.8, 4) is 0 Å². The number of fused-ring (bicyclic) bond motifs is 1. The Labute approximate surface area is 131 Å². The standard InChI is InChI=1S/C16H21NOS.ClH/c1-4-7-12-13-8-5-6-9-14(13)19-15(12)10-11-16(18)17(2)3;/h5-6,8-9H,4,7,10-11H2,1-3H3;1H. The van der Waals surface area contributed by atoms with E-state index < -0.39 is 0 Å². The van der Waals surface area contributed by atoms with Gasteiger partial charge >= 0.3 is 0 Å². The third-order valence-electron chi connectivity index (χ3n) is 3.35. The number of nitrogens with zero attached hydrogens (tertiary/aromatic N) is 1. The van der Waals surface area contributed by atoms with E-state index in [1.165, 1.54) is 20.5 Å². The predicted molar refractivity (Wildman–Crippen MR) is 90.1 cm³/mol. The second-order valence-electron chi connectivity index (χ2n) is 5.04. The van der Waals surface area contributed by atoms with E-state index in [1.807, 2.05) is 25.4 Å². The summed E-state index contributed by atoms with van der Waals surface area (Å²) in [5.74, 6) is 0.208. The van der Waals surface area contributed by atoms with E-state index >= 15 is 0 Å². The summed E-state index contributed by atoms with van der Waals surface area (Å²) >= 11 is 1.85. The first kappa shape index (κ1) is 17.0. The highest BCUT2D eigenvalue weighted by molar-refractivity contribution is 7.19. The molecule has 0 spiro atoms. The molecule has 0 atom stereocenters. The van der Waals surface area contributed by atoms with E-state index in [1.54, 1.807) is 4.90 Å². The molecule has 0 unspecified atom stereocenters. The average molecular weight is 312 g/mol. The maximum absolute atomic E-state index is 11.7. The fourth-order valence-corrected chi connectivity index (χ4v) is 3.57. The van der Waals surface area contributed by atoms with Gasteiger partial charge in [-0.3, -0.25) is 4.79 Å². The Morgan fingerprint density at radius 1 is 1.20 bits per heavy atom. The van der Waals surface area contributed by atoms with Crippen LogP contribution in [0.25, 0.3) is 10.1 Å². The molecule has 20 heavy (non-hydrogen) atoms. The molecule has 0 aliphatic carbocycles. The fourth-order valence-electron chi connectivity index (χ4n) is 2.32. The van der Waals surface area contributed by atoms with Crippen LogP contribution in [-0.4, -0.2) is 24.9 Å². The number of carbonyl (C=O) groups is 1. The van der Waals surface area contributed by atoms with E-state index in [4.69, 9.17) is 0 Å². The number of rotatable bonds is 5. The largest absolute Gasteiger partial charge is 0.349 e. The summed E-state index contributed by atoms with van der Waals surface area (Å²) in [7, 11) is 3.64. The van der Waals surface area contributed by atoms with Gasteiger partial charge in [-0.05, 0) is 29.9 Å². The molecule has 0 bridgehead atoms. The van der Waals surface area contributed by atoms with Gasteiger partial charge in [0.1, 0.15) is 0 Å². The summed E-state index contributed by atoms with van der Waals surface area (Å²) < 4.78 is 1.35. The van der Waals surface area contributed by atoms with Crippen LogP contribution >= 0.6 is 23.7 Å². The van der Waals surface area contributed by atoms with Gasteiger partial charge in [-0.25, -0.2) is 0 Å². The van der Waals surface area contributed by atoms with Crippen molar-refractivity contribution in [2.24, 2.45) is 0 Å². The zero-order valence-electron chi connectivity index (χ0n) is 12.3.